The molecule has 0 aliphatic rings. The van der Waals surface area contributed by atoms with Crippen LogP contribution in [0.1, 0.15) is 22.5 Å². The van der Waals surface area contributed by atoms with Gasteiger partial charge < -0.3 is 5.73 Å². The number of hydrogen-bond acceptors (Lipinski definition) is 3. The predicted molar refractivity (Wildman–Crippen MR) is 43.7 cm³/mol. The maximum absolute atomic E-state index is 12.8. The van der Waals surface area contributed by atoms with Crippen molar-refractivity contribution in [2.75, 3.05) is 5.73 Å². The highest BCUT2D eigenvalue weighted by Crippen LogP contribution is 2.24. The molecule has 1 aromatic heterocycles. The van der Waals surface area contributed by atoms with Crippen LogP contribution in [0.4, 0.5) is 18.9 Å². The molecule has 0 amide bonds. The van der Waals surface area contributed by atoms with Crippen LogP contribution in [0.5, 0.6) is 0 Å². The number of carbonyl (C=O) groups is 1. The third-order valence-corrected chi connectivity index (χ3v) is 1.63. The number of aromatic nitrogens is 1. The van der Waals surface area contributed by atoms with Crippen molar-refractivity contribution in [3.05, 3.63) is 23.3 Å². The van der Waals surface area contributed by atoms with E-state index in [4.69, 9.17) is 17.3 Å². The summed E-state index contributed by atoms with van der Waals surface area (Å²) in [6, 6.07) is 0.641. The number of rotatable bonds is 2. The highest BCUT2D eigenvalue weighted by Gasteiger charge is 2.19. The van der Waals surface area contributed by atoms with Gasteiger partial charge in [0.05, 0.1) is 11.3 Å². The molecule has 0 unspecified atom stereocenters. The second kappa shape index (κ2) is 3.83. The lowest BCUT2D eigenvalue weighted by molar-refractivity contribution is 0.107. The minimum atomic E-state index is -3.04. The van der Waals surface area contributed by atoms with E-state index in [0.29, 0.717) is 6.07 Å². The van der Waals surface area contributed by atoms with Crippen LogP contribution in [0.25, 0.3) is 0 Å². The zero-order valence-electron chi connectivity index (χ0n) is 6.60. The maximum Gasteiger partial charge on any atom is 0.273 e. The number of nitrogens with two attached hydrogens (primary N) is 1. The highest BCUT2D eigenvalue weighted by atomic mass is 35.5. The molecular weight excluding hydrogens is 221 g/mol. The largest absolute Gasteiger partial charge is 0.397 e. The van der Waals surface area contributed by atoms with E-state index >= 15 is 0 Å². The molecule has 0 atom stereocenters. The van der Waals surface area contributed by atoms with Gasteiger partial charge in [-0.1, -0.05) is 0 Å². The lowest BCUT2D eigenvalue weighted by Crippen LogP contribution is -2.06. The average Bonchev–Trinajstić information content (AvgIpc) is 2.07. The predicted octanol–water partition coefficient (Wildman–Crippen LogP) is 2.12. The molecule has 0 radical (unpaired) electrons. The van der Waals surface area contributed by atoms with E-state index < -0.39 is 28.9 Å². The first-order valence-electron chi connectivity index (χ1n) is 3.37. The van der Waals surface area contributed by atoms with Gasteiger partial charge in [-0.25, -0.2) is 13.8 Å². The van der Waals surface area contributed by atoms with Crippen LogP contribution in [-0.2, 0) is 0 Å². The van der Waals surface area contributed by atoms with E-state index in [2.05, 4.69) is 4.98 Å². The molecule has 0 aliphatic heterocycles. The van der Waals surface area contributed by atoms with Crippen molar-refractivity contribution in [3.63, 3.8) is 0 Å². The number of hydrogen-bond donors (Lipinski definition) is 1. The summed E-state index contributed by atoms with van der Waals surface area (Å²) in [4.78, 5) is 13.5. The second-order valence-electron chi connectivity index (χ2n) is 2.38. The molecule has 3 nitrogen and oxygen atoms in total. The number of nitrogen functional groups attached to an aromatic ring is 1. The number of halogens is 4. The van der Waals surface area contributed by atoms with Crippen LogP contribution in [0.15, 0.2) is 6.07 Å². The first-order chi connectivity index (χ1) is 6.43. The average molecular weight is 225 g/mol. The van der Waals surface area contributed by atoms with Crippen molar-refractivity contribution in [2.24, 2.45) is 0 Å². The summed E-state index contributed by atoms with van der Waals surface area (Å²) in [6.07, 6.45) is -3.04. The molecule has 0 bridgehead atoms. The molecule has 0 saturated carbocycles. The zero-order valence-corrected chi connectivity index (χ0v) is 7.36. The Morgan fingerprint density at radius 1 is 1.57 bits per heavy atom. The van der Waals surface area contributed by atoms with Crippen LogP contribution >= 0.6 is 11.6 Å². The third-order valence-electron chi connectivity index (χ3n) is 1.45. The molecule has 1 aromatic rings. The summed E-state index contributed by atoms with van der Waals surface area (Å²) < 4.78 is 37.0. The Bertz CT molecular complexity index is 383. The van der Waals surface area contributed by atoms with Crippen molar-refractivity contribution in [2.45, 2.75) is 6.43 Å². The van der Waals surface area contributed by atoms with Crippen molar-refractivity contribution in [3.8, 4) is 0 Å². The minimum absolute atomic E-state index is 0.373. The fourth-order valence-corrected chi connectivity index (χ4v) is 0.985. The van der Waals surface area contributed by atoms with Crippen LogP contribution in [0.3, 0.4) is 0 Å². The van der Waals surface area contributed by atoms with Gasteiger partial charge >= 0.3 is 0 Å². The van der Waals surface area contributed by atoms with Gasteiger partial charge in [-0.2, -0.15) is 4.39 Å². The van der Waals surface area contributed by atoms with E-state index in [1.54, 1.807) is 0 Å². The van der Waals surface area contributed by atoms with Crippen molar-refractivity contribution >= 4 is 22.5 Å². The Balaban J connectivity index is 3.31. The van der Waals surface area contributed by atoms with Gasteiger partial charge in [-0.3, -0.25) is 4.79 Å². The second-order valence-corrected chi connectivity index (χ2v) is 2.72. The number of nitrogens with zero attached hydrogens (tertiary/aromatic N) is 1. The molecule has 76 valence electrons. The number of alkyl halides is 2. The molecule has 0 aromatic carbocycles. The monoisotopic (exact) mass is 224 g/mol. The van der Waals surface area contributed by atoms with Gasteiger partial charge in [0.15, 0.2) is 0 Å². The van der Waals surface area contributed by atoms with E-state index in [-0.39, 0.29) is 5.69 Å². The standard InChI is InChI=1S/C7H4ClF3N2O/c8-5(14)4-3(12)1-2(6(9)10)7(11)13-4/h1,6H,12H2. The van der Waals surface area contributed by atoms with Gasteiger partial charge in [0.2, 0.25) is 5.95 Å². The van der Waals surface area contributed by atoms with Gasteiger partial charge in [0, 0.05) is 0 Å². The van der Waals surface area contributed by atoms with Crippen LogP contribution in [0.2, 0.25) is 0 Å². The third kappa shape index (κ3) is 1.95. The summed E-state index contributed by atoms with van der Waals surface area (Å²) in [6.45, 7) is 0. The Hall–Kier alpha value is -1.30. The Labute approximate surface area is 81.7 Å². The number of pyridine rings is 1. The van der Waals surface area contributed by atoms with Crippen molar-refractivity contribution < 1.29 is 18.0 Å². The van der Waals surface area contributed by atoms with Crippen LogP contribution < -0.4 is 5.73 Å². The topological polar surface area (TPSA) is 56.0 Å². The maximum atomic E-state index is 12.8. The zero-order chi connectivity index (χ0) is 10.9. The SMILES string of the molecule is Nc1cc(C(F)F)c(F)nc1C(=O)Cl. The smallest absolute Gasteiger partial charge is 0.273 e. The Morgan fingerprint density at radius 3 is 2.57 bits per heavy atom. The van der Waals surface area contributed by atoms with Crippen LogP contribution in [-0.4, -0.2) is 10.2 Å². The molecule has 14 heavy (non-hydrogen) atoms. The fourth-order valence-electron chi connectivity index (χ4n) is 0.833. The first-order valence-corrected chi connectivity index (χ1v) is 3.75. The van der Waals surface area contributed by atoms with E-state index in [9.17, 15) is 18.0 Å². The number of anilines is 1. The van der Waals surface area contributed by atoms with Crippen molar-refractivity contribution in [1.82, 2.24) is 4.98 Å². The highest BCUT2D eigenvalue weighted by molar-refractivity contribution is 6.68. The van der Waals surface area contributed by atoms with Crippen molar-refractivity contribution in [1.29, 1.82) is 0 Å². The van der Waals surface area contributed by atoms with E-state index in [1.165, 1.54) is 0 Å². The molecule has 1 rings (SSSR count). The lowest BCUT2D eigenvalue weighted by atomic mass is 10.2. The molecule has 7 heteroatoms. The van der Waals surface area contributed by atoms with Gasteiger partial charge in [0.1, 0.15) is 5.69 Å². The molecule has 0 spiro atoms. The lowest BCUT2D eigenvalue weighted by Gasteiger charge is -2.04. The van der Waals surface area contributed by atoms with Gasteiger partial charge in [-0.15, -0.1) is 0 Å². The summed E-state index contributed by atoms with van der Waals surface area (Å²) in [7, 11) is 0. The molecular formula is C7H4ClF3N2O. The molecule has 2 N–H and O–H groups in total. The minimum Gasteiger partial charge on any atom is -0.397 e. The number of carbonyl (C=O) groups excluding carboxylic acids is 1. The molecule has 1 heterocycles. The fraction of sp³-hybridized carbons (Fsp3) is 0.143. The summed E-state index contributed by atoms with van der Waals surface area (Å²) >= 11 is 4.98. The Kier molecular flexibility index (Phi) is 2.95. The summed E-state index contributed by atoms with van der Waals surface area (Å²) in [5, 5.41) is -1.10. The molecule has 0 fully saturated rings. The van der Waals surface area contributed by atoms with Gasteiger partial charge in [0.25, 0.3) is 11.7 Å². The normalized spacial score (nSPS) is 10.6. The quantitative estimate of drug-likeness (QED) is 0.618. The first kappa shape index (κ1) is 10.8. The molecule has 0 saturated heterocycles. The van der Waals surface area contributed by atoms with Gasteiger partial charge in [-0.05, 0) is 17.7 Å². The summed E-state index contributed by atoms with van der Waals surface area (Å²) in [5.74, 6) is -1.45. The van der Waals surface area contributed by atoms with Crippen LogP contribution in [0, 0.1) is 5.95 Å². The van der Waals surface area contributed by atoms with E-state index in [1.807, 2.05) is 0 Å². The van der Waals surface area contributed by atoms with E-state index in [0.717, 1.165) is 0 Å². The summed E-state index contributed by atoms with van der Waals surface area (Å²) in [5.41, 5.74) is 3.27. The Morgan fingerprint density at radius 2 is 2.14 bits per heavy atom. The molecule has 0 aliphatic carbocycles.